The Hall–Kier alpha value is -4.27. The summed E-state index contributed by atoms with van der Waals surface area (Å²) < 4.78 is 49.4. The molecule has 2 aliphatic rings. The summed E-state index contributed by atoms with van der Waals surface area (Å²) in [7, 11) is 0. The molecule has 2 aromatic carbocycles. The van der Waals surface area contributed by atoms with E-state index in [0.717, 1.165) is 22.2 Å². The van der Waals surface area contributed by atoms with Gasteiger partial charge in [0.05, 0.1) is 37.4 Å². The van der Waals surface area contributed by atoms with Crippen molar-refractivity contribution in [1.29, 1.82) is 0 Å². The molecule has 2 amide bonds. The Bertz CT molecular complexity index is 1500. The molecule has 5 rings (SSSR count). The van der Waals surface area contributed by atoms with Crippen LogP contribution >= 0.6 is 0 Å². The number of hydrogen-bond acceptors (Lipinski definition) is 8. The van der Waals surface area contributed by atoms with Gasteiger partial charge in [-0.25, -0.2) is 10.3 Å². The number of alkyl halides is 3. The van der Waals surface area contributed by atoms with E-state index in [1.165, 1.54) is 0 Å². The summed E-state index contributed by atoms with van der Waals surface area (Å²) in [5, 5.41) is 20.4. The number of benzene rings is 2. The lowest BCUT2D eigenvalue weighted by molar-refractivity contribution is -0.192. The number of carboxylic acids is 1. The second kappa shape index (κ2) is 14.2. The molecule has 1 aromatic heterocycles. The number of carboxylic acid groups (broad SMARTS) is 1. The first-order valence-electron chi connectivity index (χ1n) is 14.2. The van der Waals surface area contributed by atoms with E-state index in [1.807, 2.05) is 37.3 Å². The van der Waals surface area contributed by atoms with E-state index in [4.69, 9.17) is 29.3 Å². The first kappa shape index (κ1) is 33.6. The maximum atomic E-state index is 13.2. The predicted octanol–water partition coefficient (Wildman–Crippen LogP) is 4.48. The van der Waals surface area contributed by atoms with E-state index >= 15 is 0 Å². The molecule has 242 valence electrons. The minimum atomic E-state index is -5.08. The molecular weight excluding hydrogens is 599 g/mol. The number of rotatable bonds is 7. The number of halogens is 3. The zero-order valence-electron chi connectivity index (χ0n) is 24.5. The van der Waals surface area contributed by atoms with Gasteiger partial charge in [0.15, 0.2) is 0 Å². The molecule has 0 radical (unpaired) electrons. The maximum absolute atomic E-state index is 13.2. The zero-order valence-corrected chi connectivity index (χ0v) is 24.5. The molecule has 2 heterocycles. The Morgan fingerprint density at radius 3 is 2.29 bits per heavy atom. The predicted molar refractivity (Wildman–Crippen MR) is 154 cm³/mol. The number of hydroxylamine groups is 1. The van der Waals surface area contributed by atoms with Crippen molar-refractivity contribution < 1.29 is 52.1 Å². The number of carbonyl (C=O) groups is 3. The molecule has 11 nitrogen and oxygen atoms in total. The molecule has 1 spiro atoms. The van der Waals surface area contributed by atoms with Crippen molar-refractivity contribution >= 4 is 28.7 Å². The molecule has 0 bridgehead atoms. The number of ether oxygens (including phenoxy) is 3. The van der Waals surface area contributed by atoms with Gasteiger partial charge in [0, 0.05) is 27.7 Å². The summed E-state index contributed by atoms with van der Waals surface area (Å²) in [6.45, 7) is 3.97. The summed E-state index contributed by atoms with van der Waals surface area (Å²) in [4.78, 5) is 38.8. The van der Waals surface area contributed by atoms with Crippen molar-refractivity contribution in [2.75, 3.05) is 19.8 Å². The fraction of sp³-hybridized carbons (Fsp3) is 0.419. The minimum Gasteiger partial charge on any atom is -0.489 e. The van der Waals surface area contributed by atoms with Crippen molar-refractivity contribution in [2.45, 2.75) is 63.0 Å². The van der Waals surface area contributed by atoms with Crippen LogP contribution in [0.2, 0.25) is 0 Å². The monoisotopic (exact) mass is 633 g/mol. The van der Waals surface area contributed by atoms with E-state index in [1.54, 1.807) is 29.7 Å². The van der Waals surface area contributed by atoms with Crippen LogP contribution < -0.4 is 15.5 Å². The van der Waals surface area contributed by atoms with E-state index in [9.17, 15) is 22.8 Å². The summed E-state index contributed by atoms with van der Waals surface area (Å²) in [6, 6.07) is 16.9. The number of hydrogen-bond donors (Lipinski definition) is 4. The molecule has 1 aliphatic heterocycles. The molecule has 1 saturated carbocycles. The molecule has 0 atom stereocenters. The molecular formula is C31H34F3N3O8. The minimum absolute atomic E-state index is 0.0212. The molecule has 4 N–H and O–H groups in total. The third kappa shape index (κ3) is 8.90. The first-order chi connectivity index (χ1) is 21.3. The van der Waals surface area contributed by atoms with E-state index < -0.39 is 23.6 Å². The number of pyridine rings is 1. The van der Waals surface area contributed by atoms with Crippen molar-refractivity contribution in [2.24, 2.45) is 0 Å². The molecule has 2 fully saturated rings. The second-order valence-electron chi connectivity index (χ2n) is 11.1. The van der Waals surface area contributed by atoms with Crippen LogP contribution in [0, 0.1) is 6.92 Å². The third-order valence-corrected chi connectivity index (χ3v) is 7.80. The second-order valence-corrected chi connectivity index (χ2v) is 11.1. The highest BCUT2D eigenvalue weighted by atomic mass is 19.4. The number of amides is 2. The Labute approximate surface area is 256 Å². The lowest BCUT2D eigenvalue weighted by Crippen LogP contribution is -2.58. The number of nitrogens with one attached hydrogen (secondary N) is 2. The number of aryl methyl sites for hydroxylation is 1. The Morgan fingerprint density at radius 2 is 1.69 bits per heavy atom. The van der Waals surface area contributed by atoms with Gasteiger partial charge in [-0.05, 0) is 69.0 Å². The van der Waals surface area contributed by atoms with Crippen molar-refractivity contribution in [1.82, 2.24) is 15.8 Å². The normalized spacial score (nSPS) is 21.4. The first-order valence-corrected chi connectivity index (χ1v) is 14.2. The average Bonchev–Trinajstić information content (AvgIpc) is 3.02. The number of carbonyl (C=O) groups excluding carboxylic acids is 2. The summed E-state index contributed by atoms with van der Waals surface area (Å²) in [5.74, 6) is -2.93. The molecule has 1 aliphatic carbocycles. The van der Waals surface area contributed by atoms with E-state index in [2.05, 4.69) is 10.3 Å². The van der Waals surface area contributed by atoms with Gasteiger partial charge in [-0.3, -0.25) is 19.8 Å². The van der Waals surface area contributed by atoms with Crippen molar-refractivity contribution in [3.63, 3.8) is 0 Å². The SMILES string of the molecule is Cc1cc(COc2ccc(C(=O)N[C@]3(CC(=O)NO)CC[C@]4(CC3)COCCO4)cc2)c2ccccc2n1.O=C(O)C(F)(F)F. The number of aromatic nitrogens is 1. The van der Waals surface area contributed by atoms with Crippen LogP contribution in [-0.2, 0) is 25.7 Å². The summed E-state index contributed by atoms with van der Waals surface area (Å²) in [6.07, 6.45) is -2.72. The van der Waals surface area contributed by atoms with Crippen LogP contribution in [0.3, 0.4) is 0 Å². The zero-order chi connectivity index (χ0) is 32.7. The topological polar surface area (TPSA) is 156 Å². The van der Waals surface area contributed by atoms with Crippen LogP contribution in [0.4, 0.5) is 13.2 Å². The van der Waals surface area contributed by atoms with E-state index in [0.29, 0.717) is 63.4 Å². The van der Waals surface area contributed by atoms with Crippen LogP contribution in [0.5, 0.6) is 5.75 Å². The lowest BCUT2D eigenvalue weighted by atomic mass is 9.72. The maximum Gasteiger partial charge on any atom is 0.490 e. The summed E-state index contributed by atoms with van der Waals surface area (Å²) in [5.41, 5.74) is 3.90. The molecule has 45 heavy (non-hydrogen) atoms. The van der Waals surface area contributed by atoms with Gasteiger partial charge in [0.1, 0.15) is 12.4 Å². The number of nitrogens with zero attached hydrogens (tertiary/aromatic N) is 1. The highest BCUT2D eigenvalue weighted by Gasteiger charge is 2.46. The molecule has 14 heteroatoms. The van der Waals surface area contributed by atoms with Gasteiger partial charge in [-0.15, -0.1) is 0 Å². The fourth-order valence-electron chi connectivity index (χ4n) is 5.47. The van der Waals surface area contributed by atoms with Crippen LogP contribution in [-0.4, -0.2) is 70.2 Å². The highest BCUT2D eigenvalue weighted by molar-refractivity contribution is 5.95. The molecule has 3 aromatic rings. The summed E-state index contributed by atoms with van der Waals surface area (Å²) >= 11 is 0. The van der Waals surface area contributed by atoms with Gasteiger partial charge in [-0.1, -0.05) is 18.2 Å². The standard InChI is InChI=1S/C29H33N3O6.C2HF3O2/c1-20-16-22(24-4-2-3-5-25(24)30-20)18-37-23-8-6-21(7-9-23)27(34)31-28(17-26(33)32-35)10-12-29(13-11-28)19-36-14-15-38-29;3-2(4,5)1(6)7/h2-9,16,35H,10-15,17-19H2,1H3,(H,31,34)(H,32,33);(H,6,7)/t28-,29+;. The Kier molecular flexibility index (Phi) is 10.6. The van der Waals surface area contributed by atoms with Gasteiger partial charge in [0.2, 0.25) is 5.91 Å². The van der Waals surface area contributed by atoms with Gasteiger partial charge in [0.25, 0.3) is 5.91 Å². The smallest absolute Gasteiger partial charge is 0.489 e. The molecule has 0 unspecified atom stereocenters. The van der Waals surface area contributed by atoms with Gasteiger partial charge >= 0.3 is 12.1 Å². The van der Waals surface area contributed by atoms with E-state index in [-0.39, 0.29) is 17.9 Å². The fourth-order valence-corrected chi connectivity index (χ4v) is 5.47. The van der Waals surface area contributed by atoms with Gasteiger partial charge < -0.3 is 24.6 Å². The average molecular weight is 634 g/mol. The highest BCUT2D eigenvalue weighted by Crippen LogP contribution is 2.40. The van der Waals surface area contributed by atoms with Crippen molar-refractivity contribution in [3.05, 3.63) is 71.4 Å². The Morgan fingerprint density at radius 1 is 1.02 bits per heavy atom. The third-order valence-electron chi connectivity index (χ3n) is 7.80. The van der Waals surface area contributed by atoms with Gasteiger partial charge in [-0.2, -0.15) is 13.2 Å². The van der Waals surface area contributed by atoms with Crippen LogP contribution in [0.25, 0.3) is 10.9 Å². The molecule has 1 saturated heterocycles. The van der Waals surface area contributed by atoms with Crippen LogP contribution in [0.1, 0.15) is 53.7 Å². The number of aliphatic carboxylic acids is 1. The quantitative estimate of drug-likeness (QED) is 0.218. The van der Waals surface area contributed by atoms with Crippen LogP contribution in [0.15, 0.2) is 54.6 Å². The van der Waals surface area contributed by atoms with Crippen molar-refractivity contribution in [3.8, 4) is 5.75 Å². The number of para-hydroxylation sites is 1. The largest absolute Gasteiger partial charge is 0.490 e. The number of fused-ring (bicyclic) bond motifs is 1. The lowest BCUT2D eigenvalue weighted by Gasteiger charge is -2.47. The Balaban J connectivity index is 0.000000591.